The van der Waals surface area contributed by atoms with Crippen LogP contribution in [0.5, 0.6) is 0 Å². The highest BCUT2D eigenvalue weighted by Gasteiger charge is 1.79. The topological polar surface area (TPSA) is 26.0 Å². The standard InChI is InChI=1S/C6H9NS/c1-2-6(5-7)3-4-8/h2-4H,1,5,7H2/b6-3+. The van der Waals surface area contributed by atoms with E-state index in [1.165, 1.54) is 5.37 Å². The van der Waals surface area contributed by atoms with Crippen molar-refractivity contribution in [3.8, 4) is 0 Å². The summed E-state index contributed by atoms with van der Waals surface area (Å²) in [4.78, 5) is 0. The lowest BCUT2D eigenvalue weighted by Gasteiger charge is -1.88. The highest BCUT2D eigenvalue weighted by Crippen LogP contribution is 1.88. The van der Waals surface area contributed by atoms with Crippen LogP contribution in [-0.4, -0.2) is 11.9 Å². The Kier molecular flexibility index (Phi) is 4.41. The number of nitrogens with two attached hydrogens (primary N) is 1. The fraction of sp³-hybridized carbons (Fsp3) is 0.167. The third kappa shape index (κ3) is 2.66. The van der Waals surface area contributed by atoms with Gasteiger partial charge in [0.25, 0.3) is 0 Å². The lowest BCUT2D eigenvalue weighted by Crippen LogP contribution is -2.00. The maximum Gasteiger partial charge on any atom is 0.0178 e. The molecule has 8 heavy (non-hydrogen) atoms. The van der Waals surface area contributed by atoms with Gasteiger partial charge >= 0.3 is 0 Å². The maximum absolute atomic E-state index is 5.26. The average molecular weight is 127 g/mol. The first kappa shape index (κ1) is 7.53. The van der Waals surface area contributed by atoms with Gasteiger partial charge in [0.1, 0.15) is 0 Å². The molecule has 0 radical (unpaired) electrons. The Morgan fingerprint density at radius 2 is 2.38 bits per heavy atom. The van der Waals surface area contributed by atoms with Crippen molar-refractivity contribution in [1.82, 2.24) is 0 Å². The van der Waals surface area contributed by atoms with Crippen molar-refractivity contribution in [2.24, 2.45) is 5.73 Å². The third-order valence-electron chi connectivity index (χ3n) is 0.780. The van der Waals surface area contributed by atoms with E-state index in [1.54, 1.807) is 12.2 Å². The van der Waals surface area contributed by atoms with Crippen molar-refractivity contribution in [1.29, 1.82) is 0 Å². The zero-order valence-corrected chi connectivity index (χ0v) is 5.45. The first-order valence-corrected chi connectivity index (χ1v) is 2.79. The molecule has 0 aromatic heterocycles. The normalized spacial score (nSPS) is 10.9. The van der Waals surface area contributed by atoms with E-state index >= 15 is 0 Å². The van der Waals surface area contributed by atoms with Crippen molar-refractivity contribution in [2.75, 3.05) is 6.54 Å². The monoisotopic (exact) mass is 127 g/mol. The zero-order valence-electron chi connectivity index (χ0n) is 4.63. The SMILES string of the molecule is C=C/C(=C\C=S)CN. The van der Waals surface area contributed by atoms with Gasteiger partial charge in [-0.05, 0) is 11.6 Å². The molecule has 0 heterocycles. The van der Waals surface area contributed by atoms with E-state index in [-0.39, 0.29) is 0 Å². The summed E-state index contributed by atoms with van der Waals surface area (Å²) in [7, 11) is 0. The maximum atomic E-state index is 5.26. The number of thiocarbonyl (C=S) groups is 1. The van der Waals surface area contributed by atoms with Crippen LogP contribution in [0.1, 0.15) is 0 Å². The Morgan fingerprint density at radius 3 is 2.50 bits per heavy atom. The van der Waals surface area contributed by atoms with E-state index in [1.807, 2.05) is 0 Å². The molecule has 2 heteroatoms. The van der Waals surface area contributed by atoms with Gasteiger partial charge in [-0.2, -0.15) is 0 Å². The molecular formula is C6H9NS. The minimum atomic E-state index is 0.511. The van der Waals surface area contributed by atoms with Crippen molar-refractivity contribution in [2.45, 2.75) is 0 Å². The summed E-state index contributed by atoms with van der Waals surface area (Å²) in [5, 5.41) is 1.53. The molecule has 0 aromatic rings. The highest BCUT2D eigenvalue weighted by molar-refractivity contribution is 7.79. The fourth-order valence-electron chi connectivity index (χ4n) is 0.307. The van der Waals surface area contributed by atoms with Crippen LogP contribution < -0.4 is 5.73 Å². The van der Waals surface area contributed by atoms with E-state index < -0.39 is 0 Å². The largest absolute Gasteiger partial charge is 0.326 e. The molecule has 0 aliphatic rings. The van der Waals surface area contributed by atoms with Gasteiger partial charge in [0.2, 0.25) is 0 Å². The number of rotatable bonds is 3. The molecule has 1 nitrogen and oxygen atoms in total. The number of allylic oxidation sites excluding steroid dienone is 1. The van der Waals surface area contributed by atoms with Gasteiger partial charge in [-0.15, -0.1) is 0 Å². The van der Waals surface area contributed by atoms with Crippen molar-refractivity contribution < 1.29 is 0 Å². The molecule has 0 atom stereocenters. The van der Waals surface area contributed by atoms with E-state index in [9.17, 15) is 0 Å². The molecule has 2 N–H and O–H groups in total. The Morgan fingerprint density at radius 1 is 1.75 bits per heavy atom. The molecule has 0 unspecified atom stereocenters. The number of hydrogen-bond donors (Lipinski definition) is 1. The first-order valence-electron chi connectivity index (χ1n) is 2.32. The molecule has 0 rings (SSSR count). The summed E-state index contributed by atoms with van der Waals surface area (Å²) in [6, 6.07) is 0. The Labute approximate surface area is 54.9 Å². The Bertz CT molecular complexity index is 116. The summed E-state index contributed by atoms with van der Waals surface area (Å²) in [5.74, 6) is 0. The van der Waals surface area contributed by atoms with Gasteiger partial charge in [0.15, 0.2) is 0 Å². The highest BCUT2D eigenvalue weighted by atomic mass is 32.1. The minimum Gasteiger partial charge on any atom is -0.326 e. The van der Waals surface area contributed by atoms with Crippen LogP contribution in [0.3, 0.4) is 0 Å². The van der Waals surface area contributed by atoms with E-state index in [0.29, 0.717) is 6.54 Å². The second-order valence-corrected chi connectivity index (χ2v) is 1.56. The number of hydrogen-bond acceptors (Lipinski definition) is 2. The molecule has 0 aliphatic carbocycles. The Balaban J connectivity index is 3.84. The second-order valence-electron chi connectivity index (χ2n) is 1.29. The minimum absolute atomic E-state index is 0.511. The second kappa shape index (κ2) is 4.68. The van der Waals surface area contributed by atoms with Crippen molar-refractivity contribution in [3.63, 3.8) is 0 Å². The first-order chi connectivity index (χ1) is 3.85. The van der Waals surface area contributed by atoms with Crippen LogP contribution in [0.25, 0.3) is 0 Å². The van der Waals surface area contributed by atoms with Crippen molar-refractivity contribution >= 4 is 17.6 Å². The van der Waals surface area contributed by atoms with Crippen molar-refractivity contribution in [3.05, 3.63) is 24.3 Å². The molecule has 0 amide bonds. The van der Waals surface area contributed by atoms with E-state index in [4.69, 9.17) is 5.73 Å². The van der Waals surface area contributed by atoms with Crippen LogP contribution in [0.2, 0.25) is 0 Å². The summed E-state index contributed by atoms with van der Waals surface area (Å²) < 4.78 is 0. The summed E-state index contributed by atoms with van der Waals surface area (Å²) in [6.45, 7) is 4.05. The molecule has 0 bridgehead atoms. The fourth-order valence-corrected chi connectivity index (χ4v) is 0.482. The van der Waals surface area contributed by atoms with Gasteiger partial charge in [0.05, 0.1) is 0 Å². The molecule has 0 aromatic carbocycles. The van der Waals surface area contributed by atoms with Crippen LogP contribution in [0.15, 0.2) is 24.3 Å². The predicted octanol–water partition coefficient (Wildman–Crippen LogP) is 1.06. The van der Waals surface area contributed by atoms with Crippen LogP contribution in [-0.2, 0) is 0 Å². The molecular weight excluding hydrogens is 118 g/mol. The third-order valence-corrected chi connectivity index (χ3v) is 0.916. The smallest absolute Gasteiger partial charge is 0.0178 e. The summed E-state index contributed by atoms with van der Waals surface area (Å²) in [6.07, 6.45) is 3.46. The Hall–Kier alpha value is -0.470. The van der Waals surface area contributed by atoms with Gasteiger partial charge in [-0.3, -0.25) is 0 Å². The molecule has 0 fully saturated rings. The zero-order chi connectivity index (χ0) is 6.41. The van der Waals surface area contributed by atoms with Gasteiger partial charge in [-0.25, -0.2) is 0 Å². The summed E-state index contributed by atoms with van der Waals surface area (Å²) in [5.41, 5.74) is 6.24. The quantitative estimate of drug-likeness (QED) is 0.348. The molecule has 0 saturated heterocycles. The van der Waals surface area contributed by atoms with Gasteiger partial charge in [0, 0.05) is 11.9 Å². The van der Waals surface area contributed by atoms with E-state index in [2.05, 4.69) is 18.8 Å². The summed E-state index contributed by atoms with van der Waals surface area (Å²) >= 11 is 4.56. The predicted molar refractivity (Wildman–Crippen MR) is 41.0 cm³/mol. The molecule has 0 spiro atoms. The van der Waals surface area contributed by atoms with Gasteiger partial charge < -0.3 is 5.73 Å². The average Bonchev–Trinajstić information content (AvgIpc) is 1.83. The van der Waals surface area contributed by atoms with E-state index in [0.717, 1.165) is 5.57 Å². The lowest BCUT2D eigenvalue weighted by atomic mass is 10.2. The van der Waals surface area contributed by atoms with Gasteiger partial charge in [-0.1, -0.05) is 24.9 Å². The molecule has 0 aliphatic heterocycles. The van der Waals surface area contributed by atoms with Crippen LogP contribution in [0, 0.1) is 0 Å². The van der Waals surface area contributed by atoms with Crippen LogP contribution in [0.4, 0.5) is 0 Å². The molecule has 0 saturated carbocycles. The lowest BCUT2D eigenvalue weighted by molar-refractivity contribution is 1.19. The molecule has 44 valence electrons. The van der Waals surface area contributed by atoms with Crippen LogP contribution >= 0.6 is 12.2 Å².